The molecule has 2 N–H and O–H groups in total. The van der Waals surface area contributed by atoms with Crippen LogP contribution in [0.25, 0.3) is 0 Å². The molecule has 28 heavy (non-hydrogen) atoms. The van der Waals surface area contributed by atoms with Crippen LogP contribution in [0.15, 0.2) is 54.9 Å². The van der Waals surface area contributed by atoms with Crippen molar-refractivity contribution in [2.75, 3.05) is 17.7 Å². The maximum atomic E-state index is 12.6. The third kappa shape index (κ3) is 4.32. The third-order valence-corrected chi connectivity index (χ3v) is 4.18. The second kappa shape index (κ2) is 8.30. The van der Waals surface area contributed by atoms with Crippen molar-refractivity contribution in [2.24, 2.45) is 0 Å². The number of nitrogens with zero attached hydrogens (tertiary/aromatic N) is 2. The van der Waals surface area contributed by atoms with E-state index in [4.69, 9.17) is 4.74 Å². The second-order valence-electron chi connectivity index (χ2n) is 6.21. The van der Waals surface area contributed by atoms with E-state index >= 15 is 0 Å². The van der Waals surface area contributed by atoms with Crippen molar-refractivity contribution in [2.45, 2.75) is 13.8 Å². The number of rotatable bonds is 5. The van der Waals surface area contributed by atoms with Crippen LogP contribution in [0.4, 0.5) is 17.2 Å². The van der Waals surface area contributed by atoms with Gasteiger partial charge in [-0.15, -0.1) is 0 Å². The molecule has 1 aromatic heterocycles. The summed E-state index contributed by atoms with van der Waals surface area (Å²) in [5.74, 6) is -0.368. The van der Waals surface area contributed by atoms with E-state index in [1.54, 1.807) is 30.3 Å². The number of amides is 1. The number of carbonyl (C=O) groups is 2. The normalized spacial score (nSPS) is 10.2. The molecule has 0 saturated carbocycles. The molecule has 7 nitrogen and oxygen atoms in total. The van der Waals surface area contributed by atoms with E-state index in [1.807, 2.05) is 32.0 Å². The first-order valence-corrected chi connectivity index (χ1v) is 8.63. The highest BCUT2D eigenvalue weighted by Crippen LogP contribution is 2.23. The maximum absolute atomic E-state index is 12.6. The Balaban J connectivity index is 1.78. The van der Waals surface area contributed by atoms with E-state index in [-0.39, 0.29) is 5.69 Å². The van der Waals surface area contributed by atoms with Crippen LogP contribution in [-0.4, -0.2) is 29.0 Å². The molecule has 0 unspecified atom stereocenters. The molecule has 0 radical (unpaired) electrons. The van der Waals surface area contributed by atoms with Crippen LogP contribution >= 0.6 is 0 Å². The first kappa shape index (κ1) is 19.0. The first-order valence-electron chi connectivity index (χ1n) is 8.63. The summed E-state index contributed by atoms with van der Waals surface area (Å²) in [4.78, 5) is 32.4. The van der Waals surface area contributed by atoms with Crippen molar-refractivity contribution < 1.29 is 14.3 Å². The van der Waals surface area contributed by atoms with Crippen LogP contribution < -0.4 is 10.6 Å². The fraction of sp³-hybridized carbons (Fsp3) is 0.143. The average molecular weight is 376 g/mol. The molecule has 0 atom stereocenters. The van der Waals surface area contributed by atoms with Gasteiger partial charge in [0.05, 0.1) is 12.7 Å². The number of carbonyl (C=O) groups excluding carboxylic acids is 2. The van der Waals surface area contributed by atoms with Crippen molar-refractivity contribution in [1.82, 2.24) is 9.97 Å². The minimum Gasteiger partial charge on any atom is -0.465 e. The Morgan fingerprint density at radius 3 is 2.39 bits per heavy atom. The van der Waals surface area contributed by atoms with Crippen LogP contribution in [0.1, 0.15) is 32.0 Å². The van der Waals surface area contributed by atoms with Gasteiger partial charge in [-0.1, -0.05) is 24.3 Å². The number of methoxy groups -OCH3 is 1. The molecule has 0 aliphatic rings. The van der Waals surface area contributed by atoms with E-state index in [1.165, 1.54) is 13.4 Å². The minimum absolute atomic E-state index is 0.201. The van der Waals surface area contributed by atoms with Gasteiger partial charge < -0.3 is 15.4 Å². The number of hydrogen-bond acceptors (Lipinski definition) is 6. The number of anilines is 3. The van der Waals surface area contributed by atoms with Gasteiger partial charge in [0.25, 0.3) is 5.91 Å². The van der Waals surface area contributed by atoms with Gasteiger partial charge >= 0.3 is 5.97 Å². The number of para-hydroxylation sites is 1. The van der Waals surface area contributed by atoms with Crippen molar-refractivity contribution in [3.63, 3.8) is 0 Å². The summed E-state index contributed by atoms with van der Waals surface area (Å²) in [6, 6.07) is 14.1. The van der Waals surface area contributed by atoms with Crippen molar-refractivity contribution >= 4 is 29.1 Å². The van der Waals surface area contributed by atoms with Gasteiger partial charge in [0.15, 0.2) is 0 Å². The van der Waals surface area contributed by atoms with Crippen LogP contribution in [0, 0.1) is 13.8 Å². The van der Waals surface area contributed by atoms with E-state index in [2.05, 4.69) is 20.6 Å². The lowest BCUT2D eigenvalue weighted by Crippen LogP contribution is -2.15. The molecule has 3 rings (SSSR count). The first-order chi connectivity index (χ1) is 13.5. The van der Waals surface area contributed by atoms with Crippen molar-refractivity contribution in [3.8, 4) is 0 Å². The fourth-order valence-corrected chi connectivity index (χ4v) is 2.73. The molecule has 0 aliphatic heterocycles. The maximum Gasteiger partial charge on any atom is 0.337 e. The highest BCUT2D eigenvalue weighted by molar-refractivity contribution is 6.04. The molecule has 142 valence electrons. The van der Waals surface area contributed by atoms with Gasteiger partial charge in [0, 0.05) is 17.4 Å². The fourth-order valence-electron chi connectivity index (χ4n) is 2.73. The van der Waals surface area contributed by atoms with E-state index in [9.17, 15) is 9.59 Å². The van der Waals surface area contributed by atoms with Crippen molar-refractivity contribution in [1.29, 1.82) is 0 Å². The van der Waals surface area contributed by atoms with E-state index < -0.39 is 11.9 Å². The number of nitrogens with one attached hydrogen (secondary N) is 2. The molecular formula is C21H20N4O3. The van der Waals surface area contributed by atoms with Crippen LogP contribution in [0.3, 0.4) is 0 Å². The molecule has 0 fully saturated rings. The highest BCUT2D eigenvalue weighted by Gasteiger charge is 2.12. The van der Waals surface area contributed by atoms with Gasteiger partial charge in [-0.05, 0) is 43.2 Å². The molecule has 0 saturated heterocycles. The minimum atomic E-state index is -0.474. The molecule has 3 aromatic rings. The molecule has 1 amide bonds. The van der Waals surface area contributed by atoms with Gasteiger partial charge in [-0.3, -0.25) is 4.79 Å². The molecule has 0 bridgehead atoms. The smallest absolute Gasteiger partial charge is 0.337 e. The van der Waals surface area contributed by atoms with Crippen LogP contribution in [0.2, 0.25) is 0 Å². The summed E-state index contributed by atoms with van der Waals surface area (Å²) in [6.45, 7) is 4.00. The summed E-state index contributed by atoms with van der Waals surface area (Å²) in [5, 5.41) is 5.97. The number of esters is 1. The van der Waals surface area contributed by atoms with Gasteiger partial charge in [-0.25, -0.2) is 14.8 Å². The Morgan fingerprint density at radius 2 is 1.68 bits per heavy atom. The summed E-state index contributed by atoms with van der Waals surface area (Å²) in [6.07, 6.45) is 1.33. The monoisotopic (exact) mass is 376 g/mol. The Hall–Kier alpha value is -3.74. The van der Waals surface area contributed by atoms with Gasteiger partial charge in [0.2, 0.25) is 0 Å². The lowest BCUT2D eigenvalue weighted by molar-refractivity contribution is 0.0600. The predicted molar refractivity (Wildman–Crippen MR) is 107 cm³/mol. The topological polar surface area (TPSA) is 93.2 Å². The zero-order valence-electron chi connectivity index (χ0n) is 15.8. The lowest BCUT2D eigenvalue weighted by atomic mass is 10.1. The zero-order chi connectivity index (χ0) is 20.1. The quantitative estimate of drug-likeness (QED) is 0.657. The second-order valence-corrected chi connectivity index (χ2v) is 6.21. The molecule has 0 spiro atoms. The Bertz CT molecular complexity index is 1010. The average Bonchev–Trinajstić information content (AvgIpc) is 2.70. The Labute approximate surface area is 162 Å². The molecule has 2 aromatic carbocycles. The standard InChI is InChI=1S/C21H20N4O3/c1-13-6-4-7-14(2)19(13)25-18-11-17(22-12-23-18)20(26)24-16-9-5-8-15(10-16)21(27)28-3/h4-12H,1-3H3,(H,24,26)(H,22,23,25). The largest absolute Gasteiger partial charge is 0.465 e. The predicted octanol–water partition coefficient (Wildman–Crippen LogP) is 3.88. The molecule has 1 heterocycles. The number of aromatic nitrogens is 2. The SMILES string of the molecule is COC(=O)c1cccc(NC(=O)c2cc(Nc3c(C)cccc3C)ncn2)c1. The Kier molecular flexibility index (Phi) is 5.64. The lowest BCUT2D eigenvalue weighted by Gasteiger charge is -2.12. The number of ether oxygens (including phenoxy) is 1. The third-order valence-electron chi connectivity index (χ3n) is 4.18. The van der Waals surface area contributed by atoms with Crippen LogP contribution in [-0.2, 0) is 4.74 Å². The van der Waals surface area contributed by atoms with Gasteiger partial charge in [-0.2, -0.15) is 0 Å². The number of hydrogen-bond donors (Lipinski definition) is 2. The Morgan fingerprint density at radius 1 is 0.964 bits per heavy atom. The zero-order valence-corrected chi connectivity index (χ0v) is 15.8. The summed E-state index contributed by atoms with van der Waals surface area (Å²) >= 11 is 0. The summed E-state index contributed by atoms with van der Waals surface area (Å²) in [5.41, 5.74) is 4.11. The summed E-state index contributed by atoms with van der Waals surface area (Å²) in [7, 11) is 1.30. The van der Waals surface area contributed by atoms with Gasteiger partial charge in [0.1, 0.15) is 17.8 Å². The summed E-state index contributed by atoms with van der Waals surface area (Å²) < 4.78 is 4.69. The number of benzene rings is 2. The van der Waals surface area contributed by atoms with Crippen molar-refractivity contribution in [3.05, 3.63) is 77.2 Å². The van der Waals surface area contributed by atoms with E-state index in [0.29, 0.717) is 17.1 Å². The molecular weight excluding hydrogens is 356 g/mol. The molecule has 0 aliphatic carbocycles. The molecule has 7 heteroatoms. The van der Waals surface area contributed by atoms with Crippen LogP contribution in [0.5, 0.6) is 0 Å². The van der Waals surface area contributed by atoms with E-state index in [0.717, 1.165) is 16.8 Å². The number of aryl methyl sites for hydroxylation is 2. The highest BCUT2D eigenvalue weighted by atomic mass is 16.5.